The van der Waals surface area contributed by atoms with Gasteiger partial charge in [0.2, 0.25) is 0 Å². The van der Waals surface area contributed by atoms with Gasteiger partial charge < -0.3 is 29.8 Å². The molecule has 4 fully saturated rings. The fourth-order valence-corrected chi connectivity index (χ4v) is 12.7. The maximum absolute atomic E-state index is 14.2. The van der Waals surface area contributed by atoms with Crippen LogP contribution in [0, 0.1) is 21.4 Å². The van der Waals surface area contributed by atoms with Gasteiger partial charge in [-0.05, 0) is 117 Å². The van der Waals surface area contributed by atoms with Crippen LogP contribution in [0.5, 0.6) is 17.2 Å². The second-order valence-electron chi connectivity index (χ2n) is 20.2. The summed E-state index contributed by atoms with van der Waals surface area (Å²) < 4.78 is 42.5. The molecule has 15 nitrogen and oxygen atoms in total. The number of H-pyrrole nitrogens is 1. The number of aliphatic hydroxyl groups is 1. The molecule has 2 aromatic heterocycles. The molecule has 3 atom stereocenters. The lowest BCUT2D eigenvalue weighted by Gasteiger charge is -2.57. The molecule has 1 amide bonds. The van der Waals surface area contributed by atoms with Gasteiger partial charge in [-0.2, -0.15) is 0 Å². The summed E-state index contributed by atoms with van der Waals surface area (Å²) in [5, 5.41) is 26.8. The molecule has 4 N–H and O–H groups in total. The second kappa shape index (κ2) is 17.6. The van der Waals surface area contributed by atoms with Crippen molar-refractivity contribution in [3.63, 3.8) is 0 Å². The van der Waals surface area contributed by atoms with Crippen LogP contribution in [0.25, 0.3) is 11.0 Å². The molecule has 2 saturated heterocycles. The Bertz CT molecular complexity index is 2830. The number of rotatable bonds is 11. The lowest BCUT2D eigenvalue weighted by atomic mass is 9.70. The third kappa shape index (κ3) is 8.93. The molecule has 2 saturated carbocycles. The summed E-state index contributed by atoms with van der Waals surface area (Å²) in [7, 11) is -4.69. The van der Waals surface area contributed by atoms with Crippen molar-refractivity contribution in [1.29, 1.82) is 0 Å². The highest BCUT2D eigenvalue weighted by Crippen LogP contribution is 2.49. The number of sulfonamides is 1. The zero-order chi connectivity index (χ0) is 46.8. The van der Waals surface area contributed by atoms with Gasteiger partial charge in [0.25, 0.3) is 21.6 Å². The van der Waals surface area contributed by atoms with Gasteiger partial charge in [0, 0.05) is 67.7 Å². The van der Waals surface area contributed by atoms with Gasteiger partial charge >= 0.3 is 0 Å². The molecule has 2 aliphatic carbocycles. The fourth-order valence-electron chi connectivity index (χ4n) is 11.5. The van der Waals surface area contributed by atoms with Crippen molar-refractivity contribution in [3.8, 4) is 17.2 Å². The topological polar surface area (TPSA) is 192 Å². The fraction of sp³-hybridized carbons (Fsp3) is 0.480. The Balaban J connectivity index is 0.866. The minimum absolute atomic E-state index is 0.00943. The van der Waals surface area contributed by atoms with Crippen molar-refractivity contribution in [2.75, 3.05) is 43.0 Å². The minimum atomic E-state index is -4.69. The molecule has 1 spiro atoms. The molecule has 0 bridgehead atoms. The summed E-state index contributed by atoms with van der Waals surface area (Å²) >= 11 is 6.61. The highest BCUT2D eigenvalue weighted by Gasteiger charge is 2.49. The molecule has 354 valence electrons. The van der Waals surface area contributed by atoms with E-state index in [0.717, 1.165) is 56.2 Å². The first-order valence-electron chi connectivity index (χ1n) is 23.6. The molecule has 67 heavy (non-hydrogen) atoms. The zero-order valence-corrected chi connectivity index (χ0v) is 39.7. The molecule has 0 radical (unpaired) electrons. The summed E-state index contributed by atoms with van der Waals surface area (Å²) in [6.07, 6.45) is 10.1. The number of nitrogens with zero attached hydrogens (tertiary/aromatic N) is 4. The van der Waals surface area contributed by atoms with Crippen LogP contribution in [0.3, 0.4) is 0 Å². The van der Waals surface area contributed by atoms with Crippen molar-refractivity contribution in [2.24, 2.45) is 11.3 Å². The van der Waals surface area contributed by atoms with Gasteiger partial charge in [-0.15, -0.1) is 0 Å². The second-order valence-corrected chi connectivity index (χ2v) is 22.2. The number of nitrogens with one attached hydrogen (secondary N) is 3. The van der Waals surface area contributed by atoms with Crippen LogP contribution in [0.1, 0.15) is 112 Å². The van der Waals surface area contributed by atoms with Gasteiger partial charge in [0.05, 0.1) is 27.0 Å². The van der Waals surface area contributed by atoms with E-state index in [4.69, 9.17) is 21.1 Å². The number of benzene rings is 3. The Morgan fingerprint density at radius 1 is 1.01 bits per heavy atom. The van der Waals surface area contributed by atoms with Crippen LogP contribution in [0.2, 0.25) is 5.15 Å². The van der Waals surface area contributed by atoms with E-state index in [1.165, 1.54) is 42.5 Å². The number of ether oxygens (including phenoxy) is 2. The Kier molecular flexibility index (Phi) is 11.9. The van der Waals surface area contributed by atoms with E-state index in [1.807, 2.05) is 6.07 Å². The number of hydrogen-bond donors (Lipinski definition) is 4. The monoisotopic (exact) mass is 951 g/mol. The van der Waals surface area contributed by atoms with Crippen LogP contribution in [-0.4, -0.2) is 89.7 Å². The highest BCUT2D eigenvalue weighted by atomic mass is 35.5. The lowest BCUT2D eigenvalue weighted by molar-refractivity contribution is -0.384. The van der Waals surface area contributed by atoms with Crippen LogP contribution in [-0.2, 0) is 10.0 Å². The molecule has 3 aromatic carbocycles. The summed E-state index contributed by atoms with van der Waals surface area (Å²) in [6.45, 7) is 10.3. The normalized spacial score (nSPS) is 25.0. The van der Waals surface area contributed by atoms with E-state index in [1.54, 1.807) is 31.3 Å². The number of amides is 1. The van der Waals surface area contributed by atoms with Gasteiger partial charge in [0.1, 0.15) is 18.0 Å². The SMILES string of the molecule is CC(C)c1ccccc1[C@@H]1CCC[C@@H]1N1CC2(CCN(c3ccc(C(=O)NS(=O)(=O)c4cc5c(c([N+](=O)[O-])c4)N[C@@H](C4CCC(C)(O)CC4)CO5)c(Oc4cc5cc[nH]c5nc4Cl)c3)CC2)C1. The number of carbonyl (C=O) groups is 1. The lowest BCUT2D eigenvalue weighted by Crippen LogP contribution is -2.63. The number of nitro groups is 1. The average Bonchev–Trinajstić information content (AvgIpc) is 3.97. The largest absolute Gasteiger partial charge is 0.489 e. The van der Waals surface area contributed by atoms with Gasteiger partial charge in [-0.25, -0.2) is 18.1 Å². The summed E-state index contributed by atoms with van der Waals surface area (Å²) in [6, 6.07) is 20.0. The van der Waals surface area contributed by atoms with Gasteiger partial charge in [-0.3, -0.25) is 19.8 Å². The summed E-state index contributed by atoms with van der Waals surface area (Å²) in [4.78, 5) is 37.8. The predicted molar refractivity (Wildman–Crippen MR) is 257 cm³/mol. The number of nitro benzene ring substituents is 1. The van der Waals surface area contributed by atoms with Crippen LogP contribution < -0.4 is 24.4 Å². The Morgan fingerprint density at radius 2 is 1.78 bits per heavy atom. The Labute approximate surface area is 395 Å². The quantitative estimate of drug-likeness (QED) is 0.0558. The maximum atomic E-state index is 14.2. The van der Waals surface area contributed by atoms with Crippen molar-refractivity contribution in [3.05, 3.63) is 105 Å². The van der Waals surface area contributed by atoms with Crippen molar-refractivity contribution in [1.82, 2.24) is 19.6 Å². The number of fused-ring (bicyclic) bond motifs is 2. The van der Waals surface area contributed by atoms with E-state index >= 15 is 0 Å². The highest BCUT2D eigenvalue weighted by molar-refractivity contribution is 7.90. The molecule has 5 aromatic rings. The average molecular weight is 953 g/mol. The third-order valence-electron chi connectivity index (χ3n) is 15.3. The number of aromatic nitrogens is 2. The van der Waals surface area contributed by atoms with E-state index in [9.17, 15) is 28.4 Å². The summed E-state index contributed by atoms with van der Waals surface area (Å²) in [5.41, 5.74) is 3.31. The number of aromatic amines is 1. The predicted octanol–water partition coefficient (Wildman–Crippen LogP) is 9.51. The van der Waals surface area contributed by atoms with E-state index in [0.29, 0.717) is 49.2 Å². The van der Waals surface area contributed by atoms with Crippen LogP contribution >= 0.6 is 11.6 Å². The van der Waals surface area contributed by atoms with Gasteiger partial charge in [-0.1, -0.05) is 56.1 Å². The zero-order valence-electron chi connectivity index (χ0n) is 38.1. The molecule has 17 heteroatoms. The van der Waals surface area contributed by atoms with Crippen LogP contribution in [0.4, 0.5) is 17.1 Å². The Morgan fingerprint density at radius 3 is 2.52 bits per heavy atom. The van der Waals surface area contributed by atoms with E-state index in [2.05, 4.69) is 67.9 Å². The first-order chi connectivity index (χ1) is 32.1. The van der Waals surface area contributed by atoms with Crippen LogP contribution in [0.15, 0.2) is 77.8 Å². The standard InChI is InChI=1S/C50H58ClN7O8S/c1-30(2)35-7-4-5-8-36(35)37-9-6-10-40(37)57-28-50(29-57)18-21-56(22-19-50)33-11-12-38(42(24-33)66-44-23-32-15-20-52-47(32)54-46(44)51)48(59)55-67(63,64)34-25-41(58(61)62)45-43(26-34)65-27-39(53-45)31-13-16-49(3,60)17-14-31/h4-5,7-8,11-12,15,20,23-26,30-31,37,39-40,53,60H,6,9-10,13-14,16-19,21-22,27-29H2,1-3H3,(H,52,54)(H,55,59)/t31?,37-,39+,40-,49?/m0/s1. The number of carbonyl (C=O) groups excluding carboxylic acids is 1. The molecule has 5 heterocycles. The molecule has 10 rings (SSSR count). The van der Waals surface area contributed by atoms with E-state index < -0.39 is 37.0 Å². The van der Waals surface area contributed by atoms with Crippen molar-refractivity contribution in [2.45, 2.75) is 113 Å². The third-order valence-corrected chi connectivity index (χ3v) is 16.9. The smallest absolute Gasteiger partial charge is 0.297 e. The molecule has 3 aliphatic heterocycles. The summed E-state index contributed by atoms with van der Waals surface area (Å²) in [5.74, 6) is 0.368. The number of anilines is 2. The maximum Gasteiger partial charge on any atom is 0.297 e. The number of piperidine rings is 1. The molecule has 0 unspecified atom stereocenters. The first-order valence-corrected chi connectivity index (χ1v) is 25.5. The van der Waals surface area contributed by atoms with Gasteiger partial charge in [0.15, 0.2) is 22.3 Å². The number of halogens is 1. The number of likely N-dealkylation sites (tertiary alicyclic amines) is 1. The molecule has 5 aliphatic rings. The Hall–Kier alpha value is -5.42. The minimum Gasteiger partial charge on any atom is -0.489 e. The number of pyridine rings is 1. The van der Waals surface area contributed by atoms with Crippen molar-refractivity contribution < 1.29 is 32.7 Å². The molecular weight excluding hydrogens is 894 g/mol. The first kappa shape index (κ1) is 45.4. The molecular formula is C50H58ClN7O8S. The number of hydrogen-bond acceptors (Lipinski definition) is 12. The van der Waals surface area contributed by atoms with E-state index in [-0.39, 0.29) is 57.6 Å². The van der Waals surface area contributed by atoms with Crippen molar-refractivity contribution >= 4 is 55.6 Å².